The van der Waals surface area contributed by atoms with Gasteiger partial charge in [0.1, 0.15) is 0 Å². The molecule has 7 heteroatoms. The smallest absolute Gasteiger partial charge is 0.274 e. The number of benzene rings is 2. The topological polar surface area (TPSA) is 90.7 Å². The average molecular weight is 358 g/mol. The molecule has 0 saturated carbocycles. The van der Waals surface area contributed by atoms with Crippen molar-refractivity contribution in [1.82, 2.24) is 0 Å². The maximum Gasteiger partial charge on any atom is 0.274 e. The molecule has 2 aromatic rings. The standard InChI is InChI=1S/C19H22N2O5/c1-3-25-17-10-4-5-11-18(17)26-13-7-12-19(22)20-15-8-6-9-16(14(15)2)21(23)24/h4-6,8-11H,3,7,12-13H2,1-2H3,(H,20,22). The van der Waals surface area contributed by atoms with Crippen LogP contribution < -0.4 is 14.8 Å². The summed E-state index contributed by atoms with van der Waals surface area (Å²) < 4.78 is 11.1. The summed E-state index contributed by atoms with van der Waals surface area (Å²) in [6.07, 6.45) is 0.763. The van der Waals surface area contributed by atoms with Gasteiger partial charge in [-0.15, -0.1) is 0 Å². The lowest BCUT2D eigenvalue weighted by molar-refractivity contribution is -0.385. The molecule has 1 N–H and O–H groups in total. The zero-order valence-corrected chi connectivity index (χ0v) is 14.9. The third-order valence-corrected chi connectivity index (χ3v) is 3.73. The van der Waals surface area contributed by atoms with Gasteiger partial charge >= 0.3 is 0 Å². The van der Waals surface area contributed by atoms with Gasteiger partial charge in [0.05, 0.1) is 29.4 Å². The Hall–Kier alpha value is -3.09. The van der Waals surface area contributed by atoms with Crippen molar-refractivity contribution in [2.45, 2.75) is 26.7 Å². The van der Waals surface area contributed by atoms with Crippen molar-refractivity contribution in [3.05, 3.63) is 58.1 Å². The number of nitro groups is 1. The van der Waals surface area contributed by atoms with Gasteiger partial charge in [-0.3, -0.25) is 14.9 Å². The van der Waals surface area contributed by atoms with Gasteiger partial charge in [-0.1, -0.05) is 18.2 Å². The van der Waals surface area contributed by atoms with Crippen LogP contribution in [0.4, 0.5) is 11.4 Å². The minimum Gasteiger partial charge on any atom is -0.490 e. The van der Waals surface area contributed by atoms with E-state index in [9.17, 15) is 14.9 Å². The Morgan fingerprint density at radius 2 is 1.81 bits per heavy atom. The Bertz CT molecular complexity index is 776. The zero-order chi connectivity index (χ0) is 18.9. The molecule has 0 fully saturated rings. The number of para-hydroxylation sites is 2. The Morgan fingerprint density at radius 1 is 1.12 bits per heavy atom. The number of rotatable bonds is 9. The number of nitro benzene ring substituents is 1. The van der Waals surface area contributed by atoms with Gasteiger partial charge in [0, 0.05) is 12.5 Å². The maximum absolute atomic E-state index is 12.1. The molecule has 0 saturated heterocycles. The Kier molecular flexibility index (Phi) is 6.96. The summed E-state index contributed by atoms with van der Waals surface area (Å²) in [5.74, 6) is 1.10. The molecule has 0 radical (unpaired) electrons. The van der Waals surface area contributed by atoms with Crippen molar-refractivity contribution in [2.75, 3.05) is 18.5 Å². The van der Waals surface area contributed by atoms with Crippen molar-refractivity contribution >= 4 is 17.3 Å². The lowest BCUT2D eigenvalue weighted by Gasteiger charge is -2.12. The average Bonchev–Trinajstić information content (AvgIpc) is 2.62. The third kappa shape index (κ3) is 5.20. The largest absolute Gasteiger partial charge is 0.490 e. The third-order valence-electron chi connectivity index (χ3n) is 3.73. The summed E-state index contributed by atoms with van der Waals surface area (Å²) in [5.41, 5.74) is 0.873. The number of hydrogen-bond donors (Lipinski definition) is 1. The van der Waals surface area contributed by atoms with Crippen molar-refractivity contribution in [3.63, 3.8) is 0 Å². The molecule has 0 aliphatic heterocycles. The second kappa shape index (κ2) is 9.41. The van der Waals surface area contributed by atoms with Crippen LogP contribution in [0.5, 0.6) is 11.5 Å². The van der Waals surface area contributed by atoms with E-state index in [2.05, 4.69) is 5.32 Å². The molecule has 0 heterocycles. The first-order valence-corrected chi connectivity index (χ1v) is 8.41. The number of hydrogen-bond acceptors (Lipinski definition) is 5. The summed E-state index contributed by atoms with van der Waals surface area (Å²) in [7, 11) is 0. The molecule has 2 aromatic carbocycles. The van der Waals surface area contributed by atoms with Crippen LogP contribution in [0.3, 0.4) is 0 Å². The summed E-state index contributed by atoms with van der Waals surface area (Å²) in [6.45, 7) is 4.43. The molecule has 0 aliphatic rings. The molecule has 0 unspecified atom stereocenters. The Balaban J connectivity index is 1.83. The van der Waals surface area contributed by atoms with E-state index in [0.29, 0.717) is 42.4 Å². The molecular weight excluding hydrogens is 336 g/mol. The highest BCUT2D eigenvalue weighted by atomic mass is 16.6. The quantitative estimate of drug-likeness (QED) is 0.414. The van der Waals surface area contributed by atoms with E-state index in [-0.39, 0.29) is 18.0 Å². The van der Waals surface area contributed by atoms with Crippen LogP contribution in [0, 0.1) is 17.0 Å². The van der Waals surface area contributed by atoms with E-state index in [1.807, 2.05) is 31.2 Å². The number of amides is 1. The molecule has 7 nitrogen and oxygen atoms in total. The van der Waals surface area contributed by atoms with Crippen LogP contribution in [-0.2, 0) is 4.79 Å². The lowest BCUT2D eigenvalue weighted by atomic mass is 10.1. The normalized spacial score (nSPS) is 10.2. The first-order chi connectivity index (χ1) is 12.5. The van der Waals surface area contributed by atoms with Crippen LogP contribution in [0.15, 0.2) is 42.5 Å². The molecule has 0 aromatic heterocycles. The fourth-order valence-electron chi connectivity index (χ4n) is 2.43. The van der Waals surface area contributed by atoms with Crippen molar-refractivity contribution in [2.24, 2.45) is 0 Å². The molecule has 1 amide bonds. The molecule has 0 bridgehead atoms. The fraction of sp³-hybridized carbons (Fsp3) is 0.316. The highest BCUT2D eigenvalue weighted by Crippen LogP contribution is 2.27. The molecule has 0 atom stereocenters. The summed E-state index contributed by atoms with van der Waals surface area (Å²) in [5, 5.41) is 13.7. The van der Waals surface area contributed by atoms with Crippen LogP contribution in [-0.4, -0.2) is 24.0 Å². The lowest BCUT2D eigenvalue weighted by Crippen LogP contribution is -2.14. The number of anilines is 1. The Morgan fingerprint density at radius 3 is 2.46 bits per heavy atom. The molecule has 138 valence electrons. The van der Waals surface area contributed by atoms with Gasteiger partial charge in [-0.2, -0.15) is 0 Å². The molecule has 0 spiro atoms. The fourth-order valence-corrected chi connectivity index (χ4v) is 2.43. The van der Waals surface area contributed by atoms with Gasteiger partial charge in [-0.05, 0) is 38.5 Å². The summed E-state index contributed by atoms with van der Waals surface area (Å²) in [4.78, 5) is 22.5. The monoisotopic (exact) mass is 358 g/mol. The number of ether oxygens (including phenoxy) is 2. The number of carbonyl (C=O) groups is 1. The highest BCUT2D eigenvalue weighted by molar-refractivity contribution is 5.92. The summed E-state index contributed by atoms with van der Waals surface area (Å²) in [6, 6.07) is 12.0. The van der Waals surface area contributed by atoms with E-state index in [1.54, 1.807) is 19.1 Å². The van der Waals surface area contributed by atoms with Crippen molar-refractivity contribution in [1.29, 1.82) is 0 Å². The van der Waals surface area contributed by atoms with E-state index in [0.717, 1.165) is 0 Å². The second-order valence-corrected chi connectivity index (χ2v) is 5.59. The maximum atomic E-state index is 12.1. The molecule has 0 aliphatic carbocycles. The van der Waals surface area contributed by atoms with Gasteiger partial charge in [0.2, 0.25) is 5.91 Å². The highest BCUT2D eigenvalue weighted by Gasteiger charge is 2.14. The number of nitrogens with zero attached hydrogens (tertiary/aromatic N) is 1. The van der Waals surface area contributed by atoms with Crippen LogP contribution >= 0.6 is 0 Å². The Labute approximate surface area is 152 Å². The van der Waals surface area contributed by atoms with Crippen molar-refractivity contribution < 1.29 is 19.2 Å². The molecule has 2 rings (SSSR count). The van der Waals surface area contributed by atoms with Gasteiger partial charge in [0.15, 0.2) is 11.5 Å². The van der Waals surface area contributed by atoms with Crippen LogP contribution in [0.2, 0.25) is 0 Å². The zero-order valence-electron chi connectivity index (χ0n) is 14.9. The van der Waals surface area contributed by atoms with E-state index < -0.39 is 4.92 Å². The summed E-state index contributed by atoms with van der Waals surface area (Å²) >= 11 is 0. The minimum absolute atomic E-state index is 0.0151. The van der Waals surface area contributed by atoms with Crippen LogP contribution in [0.1, 0.15) is 25.3 Å². The SMILES string of the molecule is CCOc1ccccc1OCCCC(=O)Nc1cccc([N+](=O)[O-])c1C. The van der Waals surface area contributed by atoms with E-state index in [4.69, 9.17) is 9.47 Å². The van der Waals surface area contributed by atoms with E-state index in [1.165, 1.54) is 6.07 Å². The number of nitrogens with one attached hydrogen (secondary N) is 1. The van der Waals surface area contributed by atoms with Gasteiger partial charge in [0.25, 0.3) is 5.69 Å². The number of carbonyl (C=O) groups excluding carboxylic acids is 1. The minimum atomic E-state index is -0.464. The second-order valence-electron chi connectivity index (χ2n) is 5.59. The van der Waals surface area contributed by atoms with Crippen LogP contribution in [0.25, 0.3) is 0 Å². The first-order valence-electron chi connectivity index (χ1n) is 8.41. The molecular formula is C19H22N2O5. The predicted octanol–water partition coefficient (Wildman–Crippen LogP) is 4.10. The predicted molar refractivity (Wildman–Crippen MR) is 98.8 cm³/mol. The van der Waals surface area contributed by atoms with Gasteiger partial charge < -0.3 is 14.8 Å². The van der Waals surface area contributed by atoms with Gasteiger partial charge in [-0.25, -0.2) is 0 Å². The van der Waals surface area contributed by atoms with E-state index >= 15 is 0 Å². The van der Waals surface area contributed by atoms with Crippen molar-refractivity contribution in [3.8, 4) is 11.5 Å². The molecule has 26 heavy (non-hydrogen) atoms. The first kappa shape index (κ1) is 19.2.